The Labute approximate surface area is 108 Å². The summed E-state index contributed by atoms with van der Waals surface area (Å²) in [7, 11) is 1.53. The number of hydrogen-bond donors (Lipinski definition) is 0. The molecule has 1 aromatic carbocycles. The molecule has 0 bridgehead atoms. The summed E-state index contributed by atoms with van der Waals surface area (Å²) in [6.45, 7) is 3.08. The highest BCUT2D eigenvalue weighted by Gasteiger charge is 2.17. The molecule has 0 saturated carbocycles. The molecule has 1 aliphatic rings. The first kappa shape index (κ1) is 12.3. The van der Waals surface area contributed by atoms with E-state index in [-0.39, 0.29) is 0 Å². The number of ether oxygens (including phenoxy) is 2. The molecule has 1 fully saturated rings. The van der Waals surface area contributed by atoms with Crippen molar-refractivity contribution in [1.82, 2.24) is 0 Å². The van der Waals surface area contributed by atoms with Crippen LogP contribution in [0.25, 0.3) is 0 Å². The molecule has 0 spiro atoms. The molecule has 0 N–H and O–H groups in total. The highest BCUT2D eigenvalue weighted by atomic mass is 79.9. The van der Waals surface area contributed by atoms with E-state index in [2.05, 4.69) is 26.0 Å². The summed E-state index contributed by atoms with van der Waals surface area (Å²) in [5, 5.41) is 2.94. The monoisotopic (exact) mass is 300 g/mol. The molecule has 1 aromatic rings. The molecule has 6 heteroatoms. The molecular weight excluding hydrogens is 288 g/mol. The number of hydrogen-bond acceptors (Lipinski definition) is 5. The smallest absolute Gasteiger partial charge is 0.151 e. The van der Waals surface area contributed by atoms with E-state index in [9.17, 15) is 4.91 Å². The van der Waals surface area contributed by atoms with Gasteiger partial charge in [-0.3, -0.25) is 0 Å². The zero-order chi connectivity index (χ0) is 12.3. The molecule has 5 nitrogen and oxygen atoms in total. The standard InChI is InChI=1S/C11H13BrN2O3/c1-16-11-7-10(8(12)6-9(11)13-15)14-2-4-17-5-3-14/h6-7H,2-5H2,1H3. The van der Waals surface area contributed by atoms with Crippen LogP contribution in [0.15, 0.2) is 21.8 Å². The fraction of sp³-hybridized carbons (Fsp3) is 0.455. The summed E-state index contributed by atoms with van der Waals surface area (Å²) in [5.41, 5.74) is 1.30. The summed E-state index contributed by atoms with van der Waals surface area (Å²) in [6.07, 6.45) is 0. The molecule has 0 aliphatic carbocycles. The van der Waals surface area contributed by atoms with Gasteiger partial charge in [-0.25, -0.2) is 0 Å². The Morgan fingerprint density at radius 3 is 2.71 bits per heavy atom. The molecule has 0 radical (unpaired) electrons. The van der Waals surface area contributed by atoms with Gasteiger partial charge in [0.15, 0.2) is 5.69 Å². The minimum absolute atomic E-state index is 0.302. The van der Waals surface area contributed by atoms with Crippen LogP contribution in [0, 0.1) is 4.91 Å². The normalized spacial score (nSPS) is 15.8. The first-order chi connectivity index (χ1) is 8.26. The van der Waals surface area contributed by atoms with E-state index < -0.39 is 0 Å². The lowest BCUT2D eigenvalue weighted by atomic mass is 10.2. The zero-order valence-corrected chi connectivity index (χ0v) is 11.1. The Morgan fingerprint density at radius 2 is 2.12 bits per heavy atom. The molecule has 0 atom stereocenters. The quantitative estimate of drug-likeness (QED) is 0.805. The van der Waals surface area contributed by atoms with Crippen LogP contribution in [0.2, 0.25) is 0 Å². The average molecular weight is 301 g/mol. The van der Waals surface area contributed by atoms with Crippen molar-refractivity contribution in [2.24, 2.45) is 5.18 Å². The Bertz CT molecular complexity index is 419. The van der Waals surface area contributed by atoms with Crippen molar-refractivity contribution in [2.75, 3.05) is 38.3 Å². The van der Waals surface area contributed by atoms with Gasteiger partial charge in [0.2, 0.25) is 0 Å². The predicted octanol–water partition coefficient (Wildman–Crippen LogP) is 2.69. The zero-order valence-electron chi connectivity index (χ0n) is 9.48. The second-order valence-electron chi connectivity index (χ2n) is 3.67. The number of anilines is 1. The van der Waals surface area contributed by atoms with E-state index in [4.69, 9.17) is 9.47 Å². The lowest BCUT2D eigenvalue weighted by molar-refractivity contribution is 0.122. The predicted molar refractivity (Wildman–Crippen MR) is 69.2 cm³/mol. The Hall–Kier alpha value is -1.14. The van der Waals surface area contributed by atoms with Gasteiger partial charge in [-0.15, -0.1) is 4.91 Å². The fourth-order valence-corrected chi connectivity index (χ4v) is 2.40. The third-order valence-electron chi connectivity index (χ3n) is 2.70. The molecule has 2 rings (SSSR count). The van der Waals surface area contributed by atoms with Crippen LogP contribution in [0.5, 0.6) is 5.75 Å². The first-order valence-electron chi connectivity index (χ1n) is 5.30. The highest BCUT2D eigenvalue weighted by Crippen LogP contribution is 2.38. The Morgan fingerprint density at radius 1 is 1.41 bits per heavy atom. The Balaban J connectivity index is 2.35. The Kier molecular flexibility index (Phi) is 3.96. The molecule has 92 valence electrons. The molecule has 0 aromatic heterocycles. The maximum absolute atomic E-state index is 10.6. The van der Waals surface area contributed by atoms with Gasteiger partial charge in [-0.05, 0) is 27.2 Å². The van der Waals surface area contributed by atoms with E-state index in [1.165, 1.54) is 7.11 Å². The van der Waals surface area contributed by atoms with Crippen molar-refractivity contribution in [3.8, 4) is 5.75 Å². The van der Waals surface area contributed by atoms with Gasteiger partial charge in [0, 0.05) is 23.6 Å². The van der Waals surface area contributed by atoms with Gasteiger partial charge >= 0.3 is 0 Å². The first-order valence-corrected chi connectivity index (χ1v) is 6.09. The van der Waals surface area contributed by atoms with Crippen LogP contribution in [-0.2, 0) is 4.74 Å². The summed E-state index contributed by atoms with van der Waals surface area (Å²) < 4.78 is 11.3. The van der Waals surface area contributed by atoms with Crippen molar-refractivity contribution in [3.63, 3.8) is 0 Å². The molecular formula is C11H13BrN2O3. The van der Waals surface area contributed by atoms with E-state index in [1.54, 1.807) is 6.07 Å². The largest absolute Gasteiger partial charge is 0.494 e. The number of nitrogens with zero attached hydrogens (tertiary/aromatic N) is 2. The van der Waals surface area contributed by atoms with Crippen LogP contribution in [0.3, 0.4) is 0 Å². The van der Waals surface area contributed by atoms with Crippen molar-refractivity contribution in [3.05, 3.63) is 21.5 Å². The number of halogens is 1. The van der Waals surface area contributed by atoms with Crippen LogP contribution in [-0.4, -0.2) is 33.4 Å². The van der Waals surface area contributed by atoms with E-state index in [0.29, 0.717) is 24.7 Å². The molecule has 1 saturated heterocycles. The maximum atomic E-state index is 10.6. The molecule has 1 aliphatic heterocycles. The molecule has 0 amide bonds. The second-order valence-corrected chi connectivity index (χ2v) is 4.52. The topological polar surface area (TPSA) is 51.1 Å². The third kappa shape index (κ3) is 2.58. The summed E-state index contributed by atoms with van der Waals surface area (Å²) in [6, 6.07) is 3.50. The van der Waals surface area contributed by atoms with E-state index in [0.717, 1.165) is 23.2 Å². The van der Waals surface area contributed by atoms with E-state index >= 15 is 0 Å². The van der Waals surface area contributed by atoms with Gasteiger partial charge in [-0.1, -0.05) is 0 Å². The second kappa shape index (κ2) is 5.46. The van der Waals surface area contributed by atoms with Gasteiger partial charge in [0.25, 0.3) is 0 Å². The highest BCUT2D eigenvalue weighted by molar-refractivity contribution is 9.10. The minimum atomic E-state index is 0.302. The number of morpholine rings is 1. The lowest BCUT2D eigenvalue weighted by Crippen LogP contribution is -2.36. The van der Waals surface area contributed by atoms with Gasteiger partial charge in [-0.2, -0.15) is 0 Å². The fourth-order valence-electron chi connectivity index (χ4n) is 1.81. The minimum Gasteiger partial charge on any atom is -0.494 e. The van der Waals surface area contributed by atoms with Crippen LogP contribution in [0.1, 0.15) is 0 Å². The summed E-state index contributed by atoms with van der Waals surface area (Å²) in [5.74, 6) is 0.490. The SMILES string of the molecule is COc1cc(N2CCOCC2)c(Br)cc1N=O. The van der Waals surface area contributed by atoms with Crippen LogP contribution >= 0.6 is 15.9 Å². The van der Waals surface area contributed by atoms with Crippen molar-refractivity contribution in [1.29, 1.82) is 0 Å². The molecule has 0 unspecified atom stereocenters. The van der Waals surface area contributed by atoms with Gasteiger partial charge < -0.3 is 14.4 Å². The number of benzene rings is 1. The number of methoxy groups -OCH3 is 1. The van der Waals surface area contributed by atoms with E-state index in [1.807, 2.05) is 6.07 Å². The summed E-state index contributed by atoms with van der Waals surface area (Å²) in [4.78, 5) is 12.8. The lowest BCUT2D eigenvalue weighted by Gasteiger charge is -2.30. The van der Waals surface area contributed by atoms with Crippen molar-refractivity contribution < 1.29 is 9.47 Å². The number of nitroso groups, excluding NO2 is 1. The summed E-state index contributed by atoms with van der Waals surface area (Å²) >= 11 is 3.45. The van der Waals surface area contributed by atoms with Crippen molar-refractivity contribution in [2.45, 2.75) is 0 Å². The maximum Gasteiger partial charge on any atom is 0.151 e. The van der Waals surface area contributed by atoms with Crippen LogP contribution in [0.4, 0.5) is 11.4 Å². The average Bonchev–Trinajstić information content (AvgIpc) is 2.39. The molecule has 1 heterocycles. The van der Waals surface area contributed by atoms with Gasteiger partial charge in [0.05, 0.1) is 26.0 Å². The third-order valence-corrected chi connectivity index (χ3v) is 3.33. The van der Waals surface area contributed by atoms with Crippen molar-refractivity contribution >= 4 is 27.3 Å². The van der Waals surface area contributed by atoms with Gasteiger partial charge in [0.1, 0.15) is 5.75 Å². The molecule has 17 heavy (non-hydrogen) atoms. The number of rotatable bonds is 3. The van der Waals surface area contributed by atoms with Crippen LogP contribution < -0.4 is 9.64 Å².